The highest BCUT2D eigenvalue weighted by Gasteiger charge is 2.14. The molecule has 0 saturated heterocycles. The van der Waals surface area contributed by atoms with Gasteiger partial charge in [0.2, 0.25) is 0 Å². The molecule has 1 N–H and O–H groups in total. The maximum Gasteiger partial charge on any atom is 0.0991 e. The molecule has 0 radical (unpaired) electrons. The number of nitrogens with zero attached hydrogens (tertiary/aromatic N) is 3. The molecule has 1 aromatic heterocycles. The first-order valence-electron chi connectivity index (χ1n) is 6.07. The fraction of sp³-hybridized carbons (Fsp3) is 0.286. The molecule has 0 saturated carbocycles. The normalized spacial score (nSPS) is 14.0. The number of benzene rings is 1. The smallest absolute Gasteiger partial charge is 0.0991 e. The Hall–Kier alpha value is -2.12. The third-order valence-corrected chi connectivity index (χ3v) is 3.30. The average molecular weight is 238 g/mol. The van der Waals surface area contributed by atoms with Crippen LogP contribution >= 0.6 is 0 Å². The van der Waals surface area contributed by atoms with E-state index in [-0.39, 0.29) is 0 Å². The van der Waals surface area contributed by atoms with E-state index < -0.39 is 0 Å². The zero-order valence-electron chi connectivity index (χ0n) is 10.3. The molecule has 90 valence electrons. The first-order chi connectivity index (χ1) is 8.78. The molecule has 4 nitrogen and oxygen atoms in total. The summed E-state index contributed by atoms with van der Waals surface area (Å²) in [7, 11) is 0. The van der Waals surface area contributed by atoms with Crippen LogP contribution in [0, 0.1) is 18.3 Å². The highest BCUT2D eigenvalue weighted by Crippen LogP contribution is 2.19. The molecule has 1 aliphatic heterocycles. The second-order valence-corrected chi connectivity index (χ2v) is 4.59. The van der Waals surface area contributed by atoms with Crippen molar-refractivity contribution in [2.45, 2.75) is 19.9 Å². The van der Waals surface area contributed by atoms with Crippen molar-refractivity contribution >= 4 is 0 Å². The van der Waals surface area contributed by atoms with Crippen molar-refractivity contribution in [2.75, 3.05) is 6.54 Å². The number of hydrogen-bond donors (Lipinski definition) is 1. The second-order valence-electron chi connectivity index (χ2n) is 4.59. The fourth-order valence-electron chi connectivity index (χ4n) is 2.34. The molecular formula is C14H14N4. The summed E-state index contributed by atoms with van der Waals surface area (Å²) in [5.41, 5.74) is 5.25. The van der Waals surface area contributed by atoms with Crippen molar-refractivity contribution in [1.29, 1.82) is 5.26 Å². The maximum atomic E-state index is 8.88. The number of aromatic nitrogens is 2. The molecule has 1 aliphatic rings. The molecule has 3 rings (SSSR count). The molecule has 0 amide bonds. The molecule has 0 bridgehead atoms. The van der Waals surface area contributed by atoms with Crippen molar-refractivity contribution in [3.05, 3.63) is 46.8 Å². The largest absolute Gasteiger partial charge is 0.312 e. The van der Waals surface area contributed by atoms with Gasteiger partial charge in [-0.05, 0) is 30.7 Å². The molecule has 2 aromatic rings. The van der Waals surface area contributed by atoms with Gasteiger partial charge < -0.3 is 5.32 Å². The minimum Gasteiger partial charge on any atom is -0.312 e. The van der Waals surface area contributed by atoms with Gasteiger partial charge in [-0.2, -0.15) is 10.4 Å². The summed E-state index contributed by atoms with van der Waals surface area (Å²) in [5, 5.41) is 16.8. The van der Waals surface area contributed by atoms with E-state index in [0.29, 0.717) is 5.56 Å². The number of aryl methyl sites for hydroxylation is 1. The Labute approximate surface area is 106 Å². The van der Waals surface area contributed by atoms with Crippen LogP contribution in [-0.2, 0) is 13.0 Å². The van der Waals surface area contributed by atoms with Gasteiger partial charge in [0.05, 0.1) is 23.0 Å². The molecular weight excluding hydrogens is 224 g/mol. The zero-order chi connectivity index (χ0) is 12.5. The fourth-order valence-corrected chi connectivity index (χ4v) is 2.34. The summed E-state index contributed by atoms with van der Waals surface area (Å²) in [6, 6.07) is 7.85. The maximum absolute atomic E-state index is 8.88. The van der Waals surface area contributed by atoms with Crippen molar-refractivity contribution in [3.8, 4) is 11.8 Å². The average Bonchev–Trinajstić information content (AvgIpc) is 2.81. The summed E-state index contributed by atoms with van der Waals surface area (Å²) in [4.78, 5) is 0. The Balaban J connectivity index is 2.05. The van der Waals surface area contributed by atoms with Gasteiger partial charge in [-0.1, -0.05) is 0 Å². The third-order valence-electron chi connectivity index (χ3n) is 3.30. The van der Waals surface area contributed by atoms with Crippen LogP contribution in [0.3, 0.4) is 0 Å². The van der Waals surface area contributed by atoms with E-state index in [9.17, 15) is 0 Å². The Bertz CT molecular complexity index is 610. The van der Waals surface area contributed by atoms with Gasteiger partial charge >= 0.3 is 0 Å². The highest BCUT2D eigenvalue weighted by molar-refractivity contribution is 5.46. The minimum atomic E-state index is 0.690. The molecule has 0 spiro atoms. The Morgan fingerprint density at radius 2 is 2.33 bits per heavy atom. The summed E-state index contributed by atoms with van der Waals surface area (Å²) >= 11 is 0. The van der Waals surface area contributed by atoms with Crippen LogP contribution in [0.25, 0.3) is 5.69 Å². The second kappa shape index (κ2) is 4.28. The third kappa shape index (κ3) is 1.79. The van der Waals surface area contributed by atoms with Gasteiger partial charge in [-0.25, -0.2) is 4.68 Å². The van der Waals surface area contributed by atoms with Crippen LogP contribution < -0.4 is 5.32 Å². The molecule has 0 atom stereocenters. The van der Waals surface area contributed by atoms with Crippen LogP contribution in [0.2, 0.25) is 0 Å². The molecule has 1 aromatic carbocycles. The Morgan fingerprint density at radius 3 is 3.06 bits per heavy atom. The lowest BCUT2D eigenvalue weighted by Crippen LogP contribution is -2.22. The molecule has 4 heteroatoms. The Morgan fingerprint density at radius 1 is 1.44 bits per heavy atom. The SMILES string of the molecule is Cc1cc(C#N)ccc1-n1cc2c(n1)CCNC2. The van der Waals surface area contributed by atoms with Crippen LogP contribution in [0.1, 0.15) is 22.4 Å². The number of nitriles is 1. The van der Waals surface area contributed by atoms with Gasteiger partial charge in [0.25, 0.3) is 0 Å². The zero-order valence-corrected chi connectivity index (χ0v) is 10.3. The molecule has 0 unspecified atom stereocenters. The Kier molecular flexibility index (Phi) is 2.62. The highest BCUT2D eigenvalue weighted by atomic mass is 15.3. The van der Waals surface area contributed by atoms with E-state index in [2.05, 4.69) is 22.7 Å². The van der Waals surface area contributed by atoms with Crippen LogP contribution in [-0.4, -0.2) is 16.3 Å². The van der Waals surface area contributed by atoms with Crippen LogP contribution in [0.4, 0.5) is 0 Å². The lowest BCUT2D eigenvalue weighted by molar-refractivity contribution is 0.635. The summed E-state index contributed by atoms with van der Waals surface area (Å²) in [5.74, 6) is 0. The van der Waals surface area contributed by atoms with E-state index in [1.807, 2.05) is 29.8 Å². The van der Waals surface area contributed by atoms with Crippen LogP contribution in [0.5, 0.6) is 0 Å². The summed E-state index contributed by atoms with van der Waals surface area (Å²) in [6.45, 7) is 3.90. The van der Waals surface area contributed by atoms with E-state index in [0.717, 1.165) is 30.8 Å². The predicted molar refractivity (Wildman–Crippen MR) is 68.4 cm³/mol. The first kappa shape index (κ1) is 11.0. The van der Waals surface area contributed by atoms with Gasteiger partial charge in [-0.3, -0.25) is 0 Å². The van der Waals surface area contributed by atoms with Crippen molar-refractivity contribution in [1.82, 2.24) is 15.1 Å². The van der Waals surface area contributed by atoms with Gasteiger partial charge in [-0.15, -0.1) is 0 Å². The standard InChI is InChI=1S/C14H14N4/c1-10-6-11(7-15)2-3-14(10)18-9-12-8-16-5-4-13(12)17-18/h2-3,6,9,16H,4-5,8H2,1H3. The van der Waals surface area contributed by atoms with Gasteiger partial charge in [0, 0.05) is 31.3 Å². The minimum absolute atomic E-state index is 0.690. The van der Waals surface area contributed by atoms with E-state index >= 15 is 0 Å². The first-order valence-corrected chi connectivity index (χ1v) is 6.07. The van der Waals surface area contributed by atoms with Crippen molar-refractivity contribution in [2.24, 2.45) is 0 Å². The lowest BCUT2D eigenvalue weighted by atomic mass is 10.1. The summed E-state index contributed by atoms with van der Waals surface area (Å²) < 4.78 is 1.92. The predicted octanol–water partition coefficient (Wildman–Crippen LogP) is 1.70. The van der Waals surface area contributed by atoms with E-state index in [1.165, 1.54) is 11.3 Å². The topological polar surface area (TPSA) is 53.6 Å². The molecule has 0 fully saturated rings. The van der Waals surface area contributed by atoms with E-state index in [4.69, 9.17) is 5.26 Å². The lowest BCUT2D eigenvalue weighted by Gasteiger charge is -2.09. The number of rotatable bonds is 1. The van der Waals surface area contributed by atoms with Crippen molar-refractivity contribution < 1.29 is 0 Å². The van der Waals surface area contributed by atoms with Crippen LogP contribution in [0.15, 0.2) is 24.4 Å². The van der Waals surface area contributed by atoms with E-state index in [1.54, 1.807) is 0 Å². The van der Waals surface area contributed by atoms with Gasteiger partial charge in [0.1, 0.15) is 0 Å². The number of fused-ring (bicyclic) bond motifs is 1. The monoisotopic (exact) mass is 238 g/mol. The van der Waals surface area contributed by atoms with Crippen molar-refractivity contribution in [3.63, 3.8) is 0 Å². The number of hydrogen-bond acceptors (Lipinski definition) is 3. The summed E-state index contributed by atoms with van der Waals surface area (Å²) in [6.07, 6.45) is 3.06. The molecule has 0 aliphatic carbocycles. The van der Waals surface area contributed by atoms with Gasteiger partial charge in [0.15, 0.2) is 0 Å². The number of nitrogens with one attached hydrogen (secondary N) is 1. The molecule has 18 heavy (non-hydrogen) atoms. The quantitative estimate of drug-likeness (QED) is 0.822. The molecule has 2 heterocycles.